The number of rotatable bonds is 5. The van der Waals surface area contributed by atoms with Crippen LogP contribution in [0.25, 0.3) is 0 Å². The van der Waals surface area contributed by atoms with Gasteiger partial charge in [0.1, 0.15) is 12.4 Å². The Balaban J connectivity index is 1.51. The molecular weight excluding hydrogens is 411 g/mol. The molecule has 0 saturated carbocycles. The number of nitrogens with zero attached hydrogens (tertiary/aromatic N) is 3. The van der Waals surface area contributed by atoms with Crippen LogP contribution in [0.3, 0.4) is 0 Å². The third-order valence-corrected chi connectivity index (χ3v) is 5.54. The number of hydrogen-bond donors (Lipinski definition) is 1. The van der Waals surface area contributed by atoms with Gasteiger partial charge in [-0.3, -0.25) is 14.4 Å². The lowest BCUT2D eigenvalue weighted by molar-refractivity contribution is -0.120. The number of halogens is 1. The maximum Gasteiger partial charge on any atom is 0.267 e. The van der Waals surface area contributed by atoms with Crippen molar-refractivity contribution in [1.82, 2.24) is 15.1 Å². The Hall–Kier alpha value is -3.81. The Bertz CT molecular complexity index is 1210. The van der Waals surface area contributed by atoms with E-state index in [-0.39, 0.29) is 23.6 Å². The molecule has 1 aliphatic rings. The molecule has 2 amide bonds. The number of piperazine rings is 1. The van der Waals surface area contributed by atoms with Crippen LogP contribution in [0, 0.1) is 5.82 Å². The summed E-state index contributed by atoms with van der Waals surface area (Å²) in [6, 6.07) is 15.3. The van der Waals surface area contributed by atoms with Crippen LogP contribution in [0.5, 0.6) is 0 Å². The van der Waals surface area contributed by atoms with Crippen molar-refractivity contribution in [2.45, 2.75) is 19.8 Å². The first-order valence-corrected chi connectivity index (χ1v) is 10.5. The van der Waals surface area contributed by atoms with Crippen molar-refractivity contribution in [3.05, 3.63) is 93.2 Å². The van der Waals surface area contributed by atoms with Crippen LogP contribution in [0.1, 0.15) is 34.1 Å². The van der Waals surface area contributed by atoms with Gasteiger partial charge in [0.05, 0.1) is 11.3 Å². The molecule has 8 heteroatoms. The molecule has 0 spiro atoms. The maximum atomic E-state index is 14.5. The number of hydrogen-bond acceptors (Lipinski definition) is 4. The van der Waals surface area contributed by atoms with Crippen molar-refractivity contribution in [3.63, 3.8) is 0 Å². The zero-order valence-electron chi connectivity index (χ0n) is 17.7. The minimum atomic E-state index is -0.639. The highest BCUT2D eigenvalue weighted by Gasteiger charge is 2.29. The Morgan fingerprint density at radius 2 is 1.88 bits per heavy atom. The van der Waals surface area contributed by atoms with Crippen LogP contribution >= 0.6 is 0 Å². The first kappa shape index (κ1) is 21.4. The molecular formula is C24H23FN4O3. The molecule has 1 aliphatic heterocycles. The van der Waals surface area contributed by atoms with Crippen LogP contribution in [-0.2, 0) is 17.6 Å². The first-order chi connectivity index (χ1) is 15.5. The summed E-state index contributed by atoms with van der Waals surface area (Å²) in [4.78, 5) is 40.3. The summed E-state index contributed by atoms with van der Waals surface area (Å²) in [6.07, 6.45) is 0.909. The number of amides is 2. The lowest BCUT2D eigenvalue weighted by atomic mass is 10.0. The maximum absolute atomic E-state index is 14.5. The molecule has 164 valence electrons. The molecule has 1 fully saturated rings. The highest BCUT2D eigenvalue weighted by Crippen LogP contribution is 2.20. The van der Waals surface area contributed by atoms with E-state index in [9.17, 15) is 18.8 Å². The predicted octanol–water partition coefficient (Wildman–Crippen LogP) is 2.55. The molecule has 0 unspecified atom stereocenters. The summed E-state index contributed by atoms with van der Waals surface area (Å²) in [7, 11) is 0. The summed E-state index contributed by atoms with van der Waals surface area (Å²) >= 11 is 0. The molecule has 1 N–H and O–H groups in total. The molecule has 4 rings (SSSR count). The van der Waals surface area contributed by atoms with E-state index in [2.05, 4.69) is 10.2 Å². The van der Waals surface area contributed by atoms with Gasteiger partial charge >= 0.3 is 0 Å². The molecule has 2 heterocycles. The van der Waals surface area contributed by atoms with Gasteiger partial charge in [0.2, 0.25) is 5.91 Å². The van der Waals surface area contributed by atoms with Crippen molar-refractivity contribution >= 4 is 17.5 Å². The summed E-state index contributed by atoms with van der Waals surface area (Å²) in [5.41, 5.74) is 2.39. The molecule has 0 bridgehead atoms. The van der Waals surface area contributed by atoms with Crippen molar-refractivity contribution in [1.29, 1.82) is 0 Å². The van der Waals surface area contributed by atoms with Crippen LogP contribution < -0.4 is 10.5 Å². The molecule has 1 saturated heterocycles. The molecule has 7 nitrogen and oxygen atoms in total. The minimum absolute atomic E-state index is 0.0800. The second kappa shape index (κ2) is 9.13. The van der Waals surface area contributed by atoms with Gasteiger partial charge in [0.15, 0.2) is 0 Å². The monoisotopic (exact) mass is 434 g/mol. The van der Waals surface area contributed by atoms with Gasteiger partial charge in [-0.2, -0.15) is 5.10 Å². The largest absolute Gasteiger partial charge is 0.327 e. The van der Waals surface area contributed by atoms with E-state index in [0.29, 0.717) is 42.8 Å². The van der Waals surface area contributed by atoms with Crippen molar-refractivity contribution in [2.24, 2.45) is 0 Å². The quantitative estimate of drug-likeness (QED) is 0.669. The standard InChI is InChI=1S/C24H23FN4O3/c1-2-17-14-18(26-27-23(17)31)12-16-8-9-21(25)20(13-16)24(32)28-10-11-29(22(30)15-28)19-6-4-3-5-7-19/h3-9,13-14H,2,10-12,15H2,1H3,(H,27,31). The number of para-hydroxylation sites is 1. The number of aromatic amines is 1. The second-order valence-electron chi connectivity index (χ2n) is 7.67. The third-order valence-electron chi connectivity index (χ3n) is 5.54. The molecule has 2 aromatic carbocycles. The van der Waals surface area contributed by atoms with Crippen LogP contribution in [-0.4, -0.2) is 46.5 Å². The van der Waals surface area contributed by atoms with Gasteiger partial charge in [0, 0.05) is 30.8 Å². The fraction of sp³-hybridized carbons (Fsp3) is 0.250. The van der Waals surface area contributed by atoms with E-state index in [4.69, 9.17) is 0 Å². The fourth-order valence-electron chi connectivity index (χ4n) is 3.80. The Labute approximate surface area is 184 Å². The van der Waals surface area contributed by atoms with E-state index < -0.39 is 11.7 Å². The Kier molecular flexibility index (Phi) is 6.11. The van der Waals surface area contributed by atoms with Gasteiger partial charge in [-0.1, -0.05) is 31.2 Å². The molecule has 0 atom stereocenters. The fourth-order valence-corrected chi connectivity index (χ4v) is 3.80. The number of H-pyrrole nitrogens is 1. The first-order valence-electron chi connectivity index (χ1n) is 10.5. The molecule has 32 heavy (non-hydrogen) atoms. The molecule has 0 radical (unpaired) electrons. The predicted molar refractivity (Wildman–Crippen MR) is 118 cm³/mol. The van der Waals surface area contributed by atoms with E-state index >= 15 is 0 Å². The SMILES string of the molecule is CCc1cc(Cc2ccc(F)c(C(=O)N3CCN(c4ccccc4)C(=O)C3)c2)n[nH]c1=O. The average molecular weight is 434 g/mol. The Morgan fingerprint density at radius 3 is 2.59 bits per heavy atom. The van der Waals surface area contributed by atoms with Gasteiger partial charge in [0.25, 0.3) is 11.5 Å². The lowest BCUT2D eigenvalue weighted by Crippen LogP contribution is -2.52. The Morgan fingerprint density at radius 1 is 1.09 bits per heavy atom. The summed E-state index contributed by atoms with van der Waals surface area (Å²) in [5, 5.41) is 6.50. The van der Waals surface area contributed by atoms with Gasteiger partial charge in [-0.25, -0.2) is 9.49 Å². The summed E-state index contributed by atoms with van der Waals surface area (Å²) in [6.45, 7) is 2.42. The number of anilines is 1. The van der Waals surface area contributed by atoms with E-state index in [1.54, 1.807) is 17.0 Å². The molecule has 3 aromatic rings. The average Bonchev–Trinajstić information content (AvgIpc) is 2.81. The molecule has 0 aliphatic carbocycles. The zero-order chi connectivity index (χ0) is 22.7. The van der Waals surface area contributed by atoms with Gasteiger partial charge in [-0.15, -0.1) is 0 Å². The van der Waals surface area contributed by atoms with E-state index in [1.807, 2.05) is 37.3 Å². The van der Waals surface area contributed by atoms with Crippen molar-refractivity contribution in [2.75, 3.05) is 24.5 Å². The summed E-state index contributed by atoms with van der Waals surface area (Å²) < 4.78 is 14.5. The van der Waals surface area contributed by atoms with Gasteiger partial charge in [-0.05, 0) is 42.3 Å². The normalized spacial score (nSPS) is 14.0. The number of carbonyl (C=O) groups excluding carboxylic acids is 2. The number of carbonyl (C=O) groups is 2. The van der Waals surface area contributed by atoms with E-state index in [0.717, 1.165) is 5.69 Å². The number of aromatic nitrogens is 2. The second-order valence-corrected chi connectivity index (χ2v) is 7.67. The van der Waals surface area contributed by atoms with Gasteiger partial charge < -0.3 is 9.80 Å². The minimum Gasteiger partial charge on any atom is -0.327 e. The lowest BCUT2D eigenvalue weighted by Gasteiger charge is -2.34. The van der Waals surface area contributed by atoms with Crippen molar-refractivity contribution < 1.29 is 14.0 Å². The number of nitrogens with one attached hydrogen (secondary N) is 1. The van der Waals surface area contributed by atoms with Crippen LogP contribution in [0.2, 0.25) is 0 Å². The molecule has 1 aromatic heterocycles. The smallest absolute Gasteiger partial charge is 0.267 e. The summed E-state index contributed by atoms with van der Waals surface area (Å²) in [5.74, 6) is -1.37. The highest BCUT2D eigenvalue weighted by atomic mass is 19.1. The number of aryl methyl sites for hydroxylation is 1. The van der Waals surface area contributed by atoms with Crippen molar-refractivity contribution in [3.8, 4) is 0 Å². The van der Waals surface area contributed by atoms with Crippen LogP contribution in [0.4, 0.5) is 10.1 Å². The third kappa shape index (κ3) is 4.44. The zero-order valence-corrected chi connectivity index (χ0v) is 17.7. The van der Waals surface area contributed by atoms with E-state index in [1.165, 1.54) is 17.0 Å². The van der Waals surface area contributed by atoms with Crippen LogP contribution in [0.15, 0.2) is 59.4 Å². The highest BCUT2D eigenvalue weighted by molar-refractivity contribution is 6.01. The number of benzene rings is 2. The topological polar surface area (TPSA) is 86.4 Å².